The minimum Gasteiger partial charge on any atom is -0.494 e. The third-order valence-electron chi connectivity index (χ3n) is 9.18. The summed E-state index contributed by atoms with van der Waals surface area (Å²) in [5.74, 6) is -2.12. The molecule has 3 unspecified atom stereocenters. The van der Waals surface area contributed by atoms with E-state index in [2.05, 4.69) is 10.6 Å². The van der Waals surface area contributed by atoms with Gasteiger partial charge in [-0.3, -0.25) is 14.4 Å². The first-order valence-electron chi connectivity index (χ1n) is 14.0. The average molecular weight is 550 g/mol. The number of aliphatic hydroxyl groups excluding tert-OH is 1. The van der Waals surface area contributed by atoms with E-state index in [1.54, 1.807) is 31.2 Å². The molecular weight excluding hydrogens is 510 g/mol. The molecule has 5 rings (SSSR count). The zero-order chi connectivity index (χ0) is 29.0. The Labute approximate surface area is 235 Å². The van der Waals surface area contributed by atoms with E-state index in [0.29, 0.717) is 30.2 Å². The van der Waals surface area contributed by atoms with Crippen molar-refractivity contribution in [3.63, 3.8) is 0 Å². The molecule has 3 heterocycles. The van der Waals surface area contributed by atoms with Crippen molar-refractivity contribution in [2.75, 3.05) is 23.8 Å². The minimum atomic E-state index is -1.20. The van der Waals surface area contributed by atoms with Gasteiger partial charge in [0.15, 0.2) is 0 Å². The van der Waals surface area contributed by atoms with Gasteiger partial charge in [-0.1, -0.05) is 25.1 Å². The van der Waals surface area contributed by atoms with Crippen LogP contribution in [-0.2, 0) is 19.1 Å². The van der Waals surface area contributed by atoms with Crippen molar-refractivity contribution in [3.8, 4) is 5.75 Å². The topological polar surface area (TPSA) is 117 Å². The summed E-state index contributed by atoms with van der Waals surface area (Å²) < 4.78 is 12.2. The Morgan fingerprint density at radius 2 is 1.77 bits per heavy atom. The van der Waals surface area contributed by atoms with Crippen LogP contribution in [0.15, 0.2) is 42.5 Å². The molecule has 7 atom stereocenters. The highest BCUT2D eigenvalue weighted by Crippen LogP contribution is 2.65. The molecule has 9 heteroatoms. The number of aliphatic hydroxyl groups is 1. The van der Waals surface area contributed by atoms with Gasteiger partial charge in [-0.25, -0.2) is 0 Å². The molecule has 1 spiro atoms. The first-order valence-corrected chi connectivity index (χ1v) is 14.0. The molecule has 0 aromatic heterocycles. The van der Waals surface area contributed by atoms with E-state index in [0.717, 1.165) is 11.1 Å². The van der Waals surface area contributed by atoms with E-state index in [-0.39, 0.29) is 30.2 Å². The lowest BCUT2D eigenvalue weighted by atomic mass is 9.62. The van der Waals surface area contributed by atoms with Gasteiger partial charge in [-0.15, -0.1) is 0 Å². The summed E-state index contributed by atoms with van der Waals surface area (Å²) in [5, 5.41) is 16.1. The Kier molecular flexibility index (Phi) is 7.17. The van der Waals surface area contributed by atoms with Gasteiger partial charge in [0.2, 0.25) is 17.7 Å². The zero-order valence-corrected chi connectivity index (χ0v) is 24.0. The van der Waals surface area contributed by atoms with Gasteiger partial charge in [0, 0.05) is 11.4 Å². The summed E-state index contributed by atoms with van der Waals surface area (Å²) in [6.07, 6.45) is 0.451. The van der Waals surface area contributed by atoms with Gasteiger partial charge in [-0.05, 0) is 82.3 Å². The highest BCUT2D eigenvalue weighted by atomic mass is 16.5. The molecular formula is C31H39N3O6. The standard InChI is InChI=1S/C31H39N3O6/c1-7-39-22-13-11-21(12-14-22)32-27(36)23-24-29(38)34(20(5)16-35)26(31(24)15-19(4)30(23,6)40-31)28(37)33-25-17(2)9-8-10-18(25)3/h8-14,19-20,23-24,26,35H,7,15-16H2,1-6H3,(H,32,36)(H,33,37)/t19?,20-,23-,24+,26?,30+,31?/m1/s1. The van der Waals surface area contributed by atoms with Crippen LogP contribution < -0.4 is 15.4 Å². The number of carbonyl (C=O) groups is 3. The lowest BCUT2D eigenvalue weighted by Crippen LogP contribution is -2.56. The van der Waals surface area contributed by atoms with Crippen molar-refractivity contribution in [3.05, 3.63) is 53.6 Å². The Balaban J connectivity index is 1.52. The van der Waals surface area contributed by atoms with Crippen LogP contribution in [0.2, 0.25) is 0 Å². The second kappa shape index (κ2) is 10.2. The Bertz CT molecular complexity index is 1310. The van der Waals surface area contributed by atoms with Gasteiger partial charge in [0.1, 0.15) is 17.4 Å². The van der Waals surface area contributed by atoms with Crippen molar-refractivity contribution in [2.45, 2.75) is 71.2 Å². The van der Waals surface area contributed by atoms with E-state index < -0.39 is 35.1 Å². The fourth-order valence-corrected chi connectivity index (χ4v) is 7.16. The molecule has 40 heavy (non-hydrogen) atoms. The number of hydrogen-bond acceptors (Lipinski definition) is 6. The lowest BCUT2D eigenvalue weighted by Gasteiger charge is -2.36. The zero-order valence-electron chi connectivity index (χ0n) is 24.0. The van der Waals surface area contributed by atoms with Crippen LogP contribution in [0.1, 0.15) is 45.2 Å². The second-order valence-corrected chi connectivity index (χ2v) is 11.7. The molecule has 3 aliphatic heterocycles. The number of fused-ring (bicyclic) bond motifs is 1. The fraction of sp³-hybridized carbons (Fsp3) is 0.516. The van der Waals surface area contributed by atoms with Gasteiger partial charge in [0.05, 0.1) is 36.7 Å². The van der Waals surface area contributed by atoms with Crippen molar-refractivity contribution in [2.24, 2.45) is 17.8 Å². The number of likely N-dealkylation sites (tertiary alicyclic amines) is 1. The van der Waals surface area contributed by atoms with Crippen LogP contribution in [0.3, 0.4) is 0 Å². The molecule has 2 aromatic rings. The number of para-hydroxylation sites is 1. The molecule has 3 aliphatic rings. The van der Waals surface area contributed by atoms with E-state index in [1.165, 1.54) is 4.90 Å². The molecule has 9 nitrogen and oxygen atoms in total. The van der Waals surface area contributed by atoms with Gasteiger partial charge < -0.3 is 30.1 Å². The number of rotatable bonds is 8. The fourth-order valence-electron chi connectivity index (χ4n) is 7.16. The van der Waals surface area contributed by atoms with Gasteiger partial charge in [0.25, 0.3) is 0 Å². The number of aryl methyl sites for hydroxylation is 2. The van der Waals surface area contributed by atoms with Crippen LogP contribution in [-0.4, -0.2) is 64.2 Å². The summed E-state index contributed by atoms with van der Waals surface area (Å²) in [6.45, 7) is 11.5. The molecule has 3 N–H and O–H groups in total. The number of hydrogen-bond donors (Lipinski definition) is 3. The number of benzene rings is 2. The average Bonchev–Trinajstić information content (AvgIpc) is 3.43. The highest BCUT2D eigenvalue weighted by molar-refractivity contribution is 6.05. The summed E-state index contributed by atoms with van der Waals surface area (Å²) in [4.78, 5) is 43.6. The maximum Gasteiger partial charge on any atom is 0.250 e. The molecule has 0 aliphatic carbocycles. The predicted octanol–water partition coefficient (Wildman–Crippen LogP) is 3.67. The van der Waals surface area contributed by atoms with Crippen LogP contribution in [0.5, 0.6) is 5.75 Å². The summed E-state index contributed by atoms with van der Waals surface area (Å²) in [6, 6.07) is 11.2. The smallest absolute Gasteiger partial charge is 0.250 e. The molecule has 3 fully saturated rings. The minimum absolute atomic E-state index is 0.0903. The van der Waals surface area contributed by atoms with Gasteiger partial charge in [-0.2, -0.15) is 0 Å². The molecule has 2 aromatic carbocycles. The summed E-state index contributed by atoms with van der Waals surface area (Å²) in [7, 11) is 0. The largest absolute Gasteiger partial charge is 0.494 e. The van der Waals surface area contributed by atoms with E-state index in [1.807, 2.05) is 52.8 Å². The number of amides is 3. The number of carbonyl (C=O) groups excluding carboxylic acids is 3. The molecule has 3 amide bonds. The quantitative estimate of drug-likeness (QED) is 0.463. The Morgan fingerprint density at radius 3 is 2.38 bits per heavy atom. The molecule has 0 radical (unpaired) electrons. The van der Waals surface area contributed by atoms with Crippen LogP contribution in [0.25, 0.3) is 0 Å². The van der Waals surface area contributed by atoms with Crippen molar-refractivity contribution >= 4 is 29.1 Å². The predicted molar refractivity (Wildman–Crippen MR) is 151 cm³/mol. The normalized spacial score (nSPS) is 31.2. The molecule has 0 saturated carbocycles. The number of ether oxygens (including phenoxy) is 2. The maximum absolute atomic E-state index is 14.2. The monoisotopic (exact) mass is 549 g/mol. The first kappa shape index (κ1) is 28.1. The third-order valence-corrected chi connectivity index (χ3v) is 9.18. The molecule has 2 bridgehead atoms. The van der Waals surface area contributed by atoms with Crippen molar-refractivity contribution in [1.82, 2.24) is 4.90 Å². The van der Waals surface area contributed by atoms with E-state index >= 15 is 0 Å². The highest BCUT2D eigenvalue weighted by Gasteiger charge is 2.80. The lowest BCUT2D eigenvalue weighted by molar-refractivity contribution is -0.147. The van der Waals surface area contributed by atoms with Crippen molar-refractivity contribution in [1.29, 1.82) is 0 Å². The van der Waals surface area contributed by atoms with Crippen molar-refractivity contribution < 1.29 is 29.0 Å². The molecule has 3 saturated heterocycles. The summed E-state index contributed by atoms with van der Waals surface area (Å²) >= 11 is 0. The second-order valence-electron chi connectivity index (χ2n) is 11.7. The maximum atomic E-state index is 14.2. The Hall–Kier alpha value is -3.43. The van der Waals surface area contributed by atoms with Crippen LogP contribution in [0.4, 0.5) is 11.4 Å². The van der Waals surface area contributed by atoms with E-state index in [9.17, 15) is 19.5 Å². The van der Waals surface area contributed by atoms with Gasteiger partial charge >= 0.3 is 0 Å². The summed E-state index contributed by atoms with van der Waals surface area (Å²) in [5.41, 5.74) is 0.929. The van der Waals surface area contributed by atoms with E-state index in [4.69, 9.17) is 9.47 Å². The first-order chi connectivity index (χ1) is 19.0. The van der Waals surface area contributed by atoms with Crippen LogP contribution in [0, 0.1) is 31.6 Å². The number of nitrogens with zero attached hydrogens (tertiary/aromatic N) is 1. The SMILES string of the molecule is CCOc1ccc(NC(=O)[C@H]2[C@H]3C(=O)N([C@H](C)CO)C(C(=O)Nc4c(C)cccc4C)C34CC(C)[C@]2(C)O4)cc1. The Morgan fingerprint density at radius 1 is 1.12 bits per heavy atom. The molecule has 214 valence electrons. The van der Waals surface area contributed by atoms with Crippen LogP contribution >= 0.6 is 0 Å². The third kappa shape index (κ3) is 4.18. The number of nitrogens with one attached hydrogen (secondary N) is 2. The number of anilines is 2.